The average Bonchev–Trinajstić information content (AvgIpc) is 2.03. The number of aromatic carboxylic acids is 2. The molecular weight excluding hydrogens is 186 g/mol. The fourth-order valence-corrected chi connectivity index (χ4v) is 0.891. The lowest BCUT2D eigenvalue weighted by Gasteiger charge is -2.00. The van der Waals surface area contributed by atoms with Crippen LogP contribution in [0.3, 0.4) is 0 Å². The van der Waals surface area contributed by atoms with Crippen LogP contribution in [-0.4, -0.2) is 22.2 Å². The first-order valence-corrected chi connectivity index (χ1v) is 3.38. The Morgan fingerprint density at radius 2 is 1.71 bits per heavy atom. The molecule has 0 spiro atoms. The zero-order valence-corrected chi connectivity index (χ0v) is 6.52. The van der Waals surface area contributed by atoms with E-state index in [0.717, 1.165) is 6.07 Å². The maximum atomic E-state index is 10.5. The van der Waals surface area contributed by atoms with Crippen LogP contribution in [0.5, 0.6) is 0 Å². The molecule has 0 saturated heterocycles. The first kappa shape index (κ1) is 12.0. The highest BCUT2D eigenvalue weighted by atomic mass is 16.4. The lowest BCUT2D eigenvalue weighted by Crippen LogP contribution is -2.05. The molecule has 4 N–H and O–H groups in total. The van der Waals surface area contributed by atoms with E-state index < -0.39 is 11.9 Å². The summed E-state index contributed by atoms with van der Waals surface area (Å²) in [4.78, 5) is 20.9. The molecule has 0 aromatic heterocycles. The maximum absolute atomic E-state index is 10.5. The smallest absolute Gasteiger partial charge is 0.337 e. The number of benzene rings is 1. The number of carboxylic acids is 2. The number of carbonyl (C=O) groups is 2. The summed E-state index contributed by atoms with van der Waals surface area (Å²) in [7, 11) is 0. The highest BCUT2D eigenvalue weighted by molar-refractivity contribution is 5.96. The van der Waals surface area contributed by atoms with Gasteiger partial charge in [-0.2, -0.15) is 0 Å². The summed E-state index contributed by atoms with van der Waals surface area (Å²) in [6.45, 7) is 0. The van der Waals surface area contributed by atoms with E-state index in [2.05, 4.69) is 0 Å². The average molecular weight is 197 g/mol. The minimum Gasteiger partial charge on any atom is -0.478 e. The Labute approximate surface area is 80.8 Å². The molecule has 0 aliphatic rings. The third kappa shape index (κ3) is 2.22. The maximum Gasteiger partial charge on any atom is 0.337 e. The largest absolute Gasteiger partial charge is 0.478 e. The summed E-state index contributed by atoms with van der Waals surface area (Å²) in [6, 6.07) is 3.48. The fourth-order valence-electron chi connectivity index (χ4n) is 0.891. The van der Waals surface area contributed by atoms with Crippen molar-refractivity contribution in [2.75, 3.05) is 5.73 Å². The van der Waals surface area contributed by atoms with Gasteiger partial charge in [0, 0.05) is 5.69 Å². The van der Waals surface area contributed by atoms with Crippen molar-refractivity contribution >= 4 is 17.6 Å². The summed E-state index contributed by atoms with van der Waals surface area (Å²) < 4.78 is 0. The van der Waals surface area contributed by atoms with Crippen molar-refractivity contribution in [3.8, 4) is 0 Å². The molecule has 0 radical (unpaired) electrons. The standard InChI is InChI=1S/C8H7NO4.CH4/c9-6-3-4(7(10)11)1-2-5(6)8(12)13;/h1-3H,9H2,(H,10,11)(H,12,13);1H4. The number of hydrogen-bond acceptors (Lipinski definition) is 3. The van der Waals surface area contributed by atoms with Crippen LogP contribution in [0, 0.1) is 0 Å². The van der Waals surface area contributed by atoms with Gasteiger partial charge in [0.25, 0.3) is 0 Å². The molecule has 5 nitrogen and oxygen atoms in total. The highest BCUT2D eigenvalue weighted by Gasteiger charge is 2.10. The predicted octanol–water partition coefficient (Wildman–Crippen LogP) is 1.30. The molecule has 1 aromatic rings. The van der Waals surface area contributed by atoms with Crippen LogP contribution >= 0.6 is 0 Å². The number of nitrogen functional groups attached to an aromatic ring is 1. The Kier molecular flexibility index (Phi) is 3.65. The molecule has 76 valence electrons. The third-order valence-corrected chi connectivity index (χ3v) is 1.53. The van der Waals surface area contributed by atoms with Gasteiger partial charge in [0.1, 0.15) is 0 Å². The molecule has 0 atom stereocenters. The Morgan fingerprint density at radius 1 is 1.14 bits per heavy atom. The van der Waals surface area contributed by atoms with Gasteiger partial charge in [-0.25, -0.2) is 9.59 Å². The summed E-state index contributed by atoms with van der Waals surface area (Å²) in [5.74, 6) is -2.31. The molecule has 1 rings (SSSR count). The van der Waals surface area contributed by atoms with E-state index in [4.69, 9.17) is 15.9 Å². The van der Waals surface area contributed by atoms with Crippen LogP contribution in [0.2, 0.25) is 0 Å². The summed E-state index contributed by atoms with van der Waals surface area (Å²) in [6.07, 6.45) is 0. The van der Waals surface area contributed by atoms with E-state index in [-0.39, 0.29) is 24.2 Å². The monoisotopic (exact) mass is 197 g/mol. The SMILES string of the molecule is C.Nc1cc(C(=O)O)ccc1C(=O)O. The molecule has 0 saturated carbocycles. The summed E-state index contributed by atoms with van der Waals surface area (Å²) in [5, 5.41) is 17.1. The van der Waals surface area contributed by atoms with Gasteiger partial charge in [-0.05, 0) is 18.2 Å². The van der Waals surface area contributed by atoms with Crippen LogP contribution in [0.1, 0.15) is 28.1 Å². The molecule has 0 fully saturated rings. The van der Waals surface area contributed by atoms with Gasteiger partial charge >= 0.3 is 11.9 Å². The van der Waals surface area contributed by atoms with E-state index in [1.807, 2.05) is 0 Å². The van der Waals surface area contributed by atoms with Crippen molar-refractivity contribution in [3.05, 3.63) is 29.3 Å². The second-order valence-electron chi connectivity index (χ2n) is 2.41. The zero-order chi connectivity index (χ0) is 10.0. The quantitative estimate of drug-likeness (QED) is 0.620. The van der Waals surface area contributed by atoms with Gasteiger partial charge in [-0.15, -0.1) is 0 Å². The van der Waals surface area contributed by atoms with E-state index in [9.17, 15) is 9.59 Å². The van der Waals surface area contributed by atoms with Crippen molar-refractivity contribution in [3.63, 3.8) is 0 Å². The molecule has 0 amide bonds. The minimum absolute atomic E-state index is 0. The van der Waals surface area contributed by atoms with Gasteiger partial charge in [0.15, 0.2) is 0 Å². The number of nitrogens with two attached hydrogens (primary N) is 1. The van der Waals surface area contributed by atoms with E-state index in [0.29, 0.717) is 0 Å². The molecule has 5 heteroatoms. The first-order chi connectivity index (χ1) is 6.02. The van der Waals surface area contributed by atoms with Gasteiger partial charge in [0.05, 0.1) is 11.1 Å². The Balaban J connectivity index is 0.00000169. The van der Waals surface area contributed by atoms with Crippen LogP contribution < -0.4 is 5.73 Å². The van der Waals surface area contributed by atoms with Crippen LogP contribution in [0.25, 0.3) is 0 Å². The van der Waals surface area contributed by atoms with Gasteiger partial charge in [0.2, 0.25) is 0 Å². The second kappa shape index (κ2) is 4.27. The van der Waals surface area contributed by atoms with Gasteiger partial charge < -0.3 is 15.9 Å². The van der Waals surface area contributed by atoms with Crippen LogP contribution in [0.15, 0.2) is 18.2 Å². The molecular formula is C9H11NO4. The lowest BCUT2D eigenvalue weighted by atomic mass is 10.1. The molecule has 0 unspecified atom stereocenters. The van der Waals surface area contributed by atoms with Crippen LogP contribution in [-0.2, 0) is 0 Å². The topological polar surface area (TPSA) is 101 Å². The van der Waals surface area contributed by atoms with Crippen molar-refractivity contribution < 1.29 is 19.8 Å². The van der Waals surface area contributed by atoms with Crippen molar-refractivity contribution in [1.82, 2.24) is 0 Å². The number of rotatable bonds is 2. The van der Waals surface area contributed by atoms with E-state index in [1.165, 1.54) is 12.1 Å². The Morgan fingerprint density at radius 3 is 2.07 bits per heavy atom. The number of hydrogen-bond donors (Lipinski definition) is 3. The van der Waals surface area contributed by atoms with Gasteiger partial charge in [-0.3, -0.25) is 0 Å². The molecule has 14 heavy (non-hydrogen) atoms. The zero-order valence-electron chi connectivity index (χ0n) is 6.52. The summed E-state index contributed by atoms with van der Waals surface area (Å²) >= 11 is 0. The summed E-state index contributed by atoms with van der Waals surface area (Å²) in [5.41, 5.74) is 5.15. The van der Waals surface area contributed by atoms with Gasteiger partial charge in [-0.1, -0.05) is 7.43 Å². The highest BCUT2D eigenvalue weighted by Crippen LogP contribution is 2.13. The molecule has 0 aliphatic carbocycles. The predicted molar refractivity (Wildman–Crippen MR) is 51.5 cm³/mol. The Hall–Kier alpha value is -2.04. The second-order valence-corrected chi connectivity index (χ2v) is 2.41. The number of carboxylic acid groups (broad SMARTS) is 2. The molecule has 0 heterocycles. The van der Waals surface area contributed by atoms with E-state index >= 15 is 0 Å². The van der Waals surface area contributed by atoms with Crippen molar-refractivity contribution in [2.24, 2.45) is 0 Å². The Bertz CT molecular complexity index is 373. The third-order valence-electron chi connectivity index (χ3n) is 1.53. The molecule has 0 bridgehead atoms. The van der Waals surface area contributed by atoms with Crippen molar-refractivity contribution in [1.29, 1.82) is 0 Å². The normalized spacial score (nSPS) is 8.86. The molecule has 0 aliphatic heterocycles. The lowest BCUT2D eigenvalue weighted by molar-refractivity contribution is 0.0682. The van der Waals surface area contributed by atoms with E-state index in [1.54, 1.807) is 0 Å². The number of anilines is 1. The molecule has 1 aromatic carbocycles. The minimum atomic E-state index is -1.17. The van der Waals surface area contributed by atoms with Crippen LogP contribution in [0.4, 0.5) is 5.69 Å². The fraction of sp³-hybridized carbons (Fsp3) is 0.111. The first-order valence-electron chi connectivity index (χ1n) is 3.38. The van der Waals surface area contributed by atoms with Crippen molar-refractivity contribution in [2.45, 2.75) is 7.43 Å².